The standard InChI is InChI=1S/C27H30ClN5O2/c1-20-5-2-3-8-24(20)35-26-25(29-11-12-30-26)32-13-9-21(10-14-32)27(34)33-17-15-31(16-18-33)23-7-4-6-22(28)19-23/h2-8,11-12,19,21H,9-10,13-18H2,1H3. The molecule has 1 aromatic heterocycles. The summed E-state index contributed by atoms with van der Waals surface area (Å²) in [5, 5.41) is 0.739. The molecule has 0 atom stereocenters. The van der Waals surface area contributed by atoms with Gasteiger partial charge in [-0.1, -0.05) is 35.9 Å². The summed E-state index contributed by atoms with van der Waals surface area (Å²) in [6.45, 7) is 6.64. The third-order valence-corrected chi connectivity index (χ3v) is 7.09. The number of halogens is 1. The first-order valence-corrected chi connectivity index (χ1v) is 12.5. The first kappa shape index (κ1) is 23.4. The molecule has 8 heteroatoms. The molecule has 0 unspecified atom stereocenters. The summed E-state index contributed by atoms with van der Waals surface area (Å²) in [5.74, 6) is 2.32. The molecule has 3 aromatic rings. The quantitative estimate of drug-likeness (QED) is 0.511. The molecule has 3 heterocycles. The van der Waals surface area contributed by atoms with E-state index in [9.17, 15) is 4.79 Å². The van der Waals surface area contributed by atoms with E-state index < -0.39 is 0 Å². The zero-order valence-electron chi connectivity index (χ0n) is 19.9. The summed E-state index contributed by atoms with van der Waals surface area (Å²) in [7, 11) is 0. The zero-order chi connectivity index (χ0) is 24.2. The second-order valence-corrected chi connectivity index (χ2v) is 9.54. The van der Waals surface area contributed by atoms with Gasteiger partial charge in [-0.15, -0.1) is 0 Å². The lowest BCUT2D eigenvalue weighted by molar-refractivity contribution is -0.136. The lowest BCUT2D eigenvalue weighted by atomic mass is 9.95. The van der Waals surface area contributed by atoms with Crippen LogP contribution in [-0.4, -0.2) is 60.0 Å². The van der Waals surface area contributed by atoms with E-state index in [1.165, 1.54) is 0 Å². The first-order chi connectivity index (χ1) is 17.1. The molecule has 2 aromatic carbocycles. The van der Waals surface area contributed by atoms with E-state index >= 15 is 0 Å². The van der Waals surface area contributed by atoms with Crippen molar-refractivity contribution >= 4 is 29.0 Å². The molecule has 0 bridgehead atoms. The number of para-hydroxylation sites is 1. The third-order valence-electron chi connectivity index (χ3n) is 6.86. The van der Waals surface area contributed by atoms with E-state index in [4.69, 9.17) is 16.3 Å². The van der Waals surface area contributed by atoms with Crippen LogP contribution in [0.4, 0.5) is 11.5 Å². The molecule has 0 aliphatic carbocycles. The van der Waals surface area contributed by atoms with Crippen LogP contribution in [0.15, 0.2) is 60.9 Å². The third kappa shape index (κ3) is 5.35. The van der Waals surface area contributed by atoms with Crippen molar-refractivity contribution in [2.75, 3.05) is 49.1 Å². The average molecular weight is 492 g/mol. The Labute approximate surface area is 211 Å². The molecular formula is C27H30ClN5O2. The number of piperidine rings is 1. The van der Waals surface area contributed by atoms with Crippen molar-refractivity contribution in [1.82, 2.24) is 14.9 Å². The van der Waals surface area contributed by atoms with Crippen molar-refractivity contribution < 1.29 is 9.53 Å². The first-order valence-electron chi connectivity index (χ1n) is 12.2. The van der Waals surface area contributed by atoms with Crippen molar-refractivity contribution in [2.45, 2.75) is 19.8 Å². The van der Waals surface area contributed by atoms with E-state index in [2.05, 4.69) is 25.8 Å². The maximum atomic E-state index is 13.3. The van der Waals surface area contributed by atoms with E-state index in [1.807, 2.05) is 54.3 Å². The maximum Gasteiger partial charge on any atom is 0.263 e. The van der Waals surface area contributed by atoms with Crippen molar-refractivity contribution in [3.8, 4) is 11.6 Å². The van der Waals surface area contributed by atoms with Crippen LogP contribution in [0, 0.1) is 12.8 Å². The number of carbonyl (C=O) groups is 1. The molecule has 2 fully saturated rings. The number of aryl methyl sites for hydroxylation is 1. The number of rotatable bonds is 5. The Balaban J connectivity index is 1.17. The van der Waals surface area contributed by atoms with Crippen LogP contribution in [0.1, 0.15) is 18.4 Å². The lowest BCUT2D eigenvalue weighted by Crippen LogP contribution is -2.51. The largest absolute Gasteiger partial charge is 0.436 e. The van der Waals surface area contributed by atoms with Crippen LogP contribution < -0.4 is 14.5 Å². The highest BCUT2D eigenvalue weighted by Crippen LogP contribution is 2.32. The average Bonchev–Trinajstić information content (AvgIpc) is 2.90. The van der Waals surface area contributed by atoms with E-state index in [-0.39, 0.29) is 11.8 Å². The van der Waals surface area contributed by atoms with Crippen molar-refractivity contribution in [1.29, 1.82) is 0 Å². The van der Waals surface area contributed by atoms with E-state index in [0.717, 1.165) is 80.0 Å². The van der Waals surface area contributed by atoms with Gasteiger partial charge in [-0.2, -0.15) is 0 Å². The number of ether oxygens (including phenoxy) is 1. The van der Waals surface area contributed by atoms with Gasteiger partial charge < -0.3 is 19.4 Å². The van der Waals surface area contributed by atoms with E-state index in [0.29, 0.717) is 5.88 Å². The minimum absolute atomic E-state index is 0.0429. The van der Waals surface area contributed by atoms with Gasteiger partial charge in [0.15, 0.2) is 5.82 Å². The van der Waals surface area contributed by atoms with Crippen LogP contribution in [0.25, 0.3) is 0 Å². The highest BCUT2D eigenvalue weighted by molar-refractivity contribution is 6.30. The number of benzene rings is 2. The molecule has 35 heavy (non-hydrogen) atoms. The minimum atomic E-state index is 0.0429. The van der Waals surface area contributed by atoms with Crippen LogP contribution in [-0.2, 0) is 4.79 Å². The maximum absolute atomic E-state index is 13.3. The predicted molar refractivity (Wildman–Crippen MR) is 138 cm³/mol. The monoisotopic (exact) mass is 491 g/mol. The van der Waals surface area contributed by atoms with Crippen molar-refractivity contribution in [3.05, 3.63) is 71.5 Å². The number of hydrogen-bond acceptors (Lipinski definition) is 6. The summed E-state index contributed by atoms with van der Waals surface area (Å²) < 4.78 is 6.11. The molecule has 5 rings (SSSR count). The van der Waals surface area contributed by atoms with Crippen LogP contribution in [0.3, 0.4) is 0 Å². The number of aromatic nitrogens is 2. The Morgan fingerprint density at radius 2 is 1.66 bits per heavy atom. The second kappa shape index (κ2) is 10.5. The van der Waals surface area contributed by atoms with Gasteiger partial charge in [0.2, 0.25) is 5.91 Å². The SMILES string of the molecule is Cc1ccccc1Oc1nccnc1N1CCC(C(=O)N2CCN(c3cccc(Cl)c3)CC2)CC1. The van der Waals surface area contributed by atoms with Crippen LogP contribution in [0.5, 0.6) is 11.6 Å². The highest BCUT2D eigenvalue weighted by Gasteiger charge is 2.32. The topological polar surface area (TPSA) is 61.8 Å². The number of carbonyl (C=O) groups excluding carboxylic acids is 1. The molecule has 0 radical (unpaired) electrons. The lowest BCUT2D eigenvalue weighted by Gasteiger charge is -2.39. The molecule has 2 aliphatic heterocycles. The van der Waals surface area contributed by atoms with Crippen LogP contribution >= 0.6 is 11.6 Å². The number of nitrogens with zero attached hydrogens (tertiary/aromatic N) is 5. The highest BCUT2D eigenvalue weighted by atomic mass is 35.5. The van der Waals surface area contributed by atoms with E-state index in [1.54, 1.807) is 12.4 Å². The summed E-state index contributed by atoms with van der Waals surface area (Å²) in [5.41, 5.74) is 2.16. The zero-order valence-corrected chi connectivity index (χ0v) is 20.7. The van der Waals surface area contributed by atoms with Crippen molar-refractivity contribution in [3.63, 3.8) is 0 Å². The smallest absolute Gasteiger partial charge is 0.263 e. The molecule has 0 N–H and O–H groups in total. The molecule has 2 saturated heterocycles. The Kier molecular flexibility index (Phi) is 7.04. The number of piperazine rings is 1. The molecule has 0 saturated carbocycles. The Morgan fingerprint density at radius 1 is 0.914 bits per heavy atom. The Hall–Kier alpha value is -3.32. The van der Waals surface area contributed by atoms with Crippen molar-refractivity contribution in [2.24, 2.45) is 5.92 Å². The fourth-order valence-electron chi connectivity index (χ4n) is 4.84. The van der Waals surface area contributed by atoms with Gasteiger partial charge in [0.25, 0.3) is 5.88 Å². The fraction of sp³-hybridized carbons (Fsp3) is 0.370. The molecular weight excluding hydrogens is 462 g/mol. The molecule has 182 valence electrons. The number of anilines is 2. The minimum Gasteiger partial charge on any atom is -0.436 e. The van der Waals surface area contributed by atoms with Gasteiger partial charge in [0, 0.05) is 68.3 Å². The van der Waals surface area contributed by atoms with Gasteiger partial charge in [-0.05, 0) is 49.6 Å². The molecule has 0 spiro atoms. The molecule has 7 nitrogen and oxygen atoms in total. The number of hydrogen-bond donors (Lipinski definition) is 0. The normalized spacial score (nSPS) is 16.9. The van der Waals surface area contributed by atoms with Gasteiger partial charge in [-0.25, -0.2) is 9.97 Å². The number of amides is 1. The Morgan fingerprint density at radius 3 is 2.40 bits per heavy atom. The summed E-state index contributed by atoms with van der Waals surface area (Å²) in [6.07, 6.45) is 4.94. The summed E-state index contributed by atoms with van der Waals surface area (Å²) in [4.78, 5) is 28.8. The molecule has 1 amide bonds. The van der Waals surface area contributed by atoms with Crippen LogP contribution in [0.2, 0.25) is 5.02 Å². The fourth-order valence-corrected chi connectivity index (χ4v) is 5.02. The van der Waals surface area contributed by atoms with Gasteiger partial charge in [0.05, 0.1) is 0 Å². The summed E-state index contributed by atoms with van der Waals surface area (Å²) >= 11 is 6.15. The molecule has 2 aliphatic rings. The second-order valence-electron chi connectivity index (χ2n) is 9.11. The van der Waals surface area contributed by atoms with Gasteiger partial charge in [0.1, 0.15) is 5.75 Å². The van der Waals surface area contributed by atoms with Gasteiger partial charge >= 0.3 is 0 Å². The van der Waals surface area contributed by atoms with Gasteiger partial charge in [-0.3, -0.25) is 4.79 Å². The Bertz CT molecular complexity index is 1170. The summed E-state index contributed by atoms with van der Waals surface area (Å²) in [6, 6.07) is 15.8. The predicted octanol–water partition coefficient (Wildman–Crippen LogP) is 4.80.